The second kappa shape index (κ2) is 13.8. The fourth-order valence-electron chi connectivity index (χ4n) is 15.6. The summed E-state index contributed by atoms with van der Waals surface area (Å²) in [6.07, 6.45) is 14.0. The van der Waals surface area contributed by atoms with Crippen molar-refractivity contribution in [3.63, 3.8) is 0 Å². The number of rotatable bonds is 8. The lowest BCUT2D eigenvalue weighted by molar-refractivity contribution is -0.249. The van der Waals surface area contributed by atoms with E-state index >= 15 is 4.79 Å². The van der Waals surface area contributed by atoms with Gasteiger partial charge in [0.25, 0.3) is 0 Å². The number of carbonyl (C=O) groups excluding carboxylic acids is 3. The summed E-state index contributed by atoms with van der Waals surface area (Å²) in [6.45, 7) is 28.5. The number of nitrogens with zero attached hydrogens (tertiary/aromatic N) is 1. The van der Waals surface area contributed by atoms with Crippen molar-refractivity contribution in [1.29, 1.82) is 0 Å². The van der Waals surface area contributed by atoms with Crippen LogP contribution in [0.15, 0.2) is 12.2 Å². The SMILES string of the molecule is C=C(C)[C@@H]1CC[C@@]2(C(=O)N[C@@H]3C[C@H](C(=O)N4CCCCC4)C3(C)C)CC[C@]3(C)C(CCC4[C@@]5(C)CC[C@H](OC(=O)CC(C)(C)C(=O)O)C(C)(C)C5CC[C@]43C)C12. The van der Waals surface area contributed by atoms with Gasteiger partial charge in [-0.15, -0.1) is 0 Å². The summed E-state index contributed by atoms with van der Waals surface area (Å²) in [6, 6.07) is 0.0193. The maximum Gasteiger partial charge on any atom is 0.309 e. The van der Waals surface area contributed by atoms with Gasteiger partial charge in [0.05, 0.1) is 17.3 Å². The number of likely N-dealkylation sites (tertiary alicyclic amines) is 1. The van der Waals surface area contributed by atoms with E-state index in [1.807, 2.05) is 0 Å². The number of allylic oxidation sites excluding steroid dienone is 1. The lowest BCUT2D eigenvalue weighted by Crippen LogP contribution is -2.68. The Kier molecular flexibility index (Phi) is 10.3. The van der Waals surface area contributed by atoms with Crippen LogP contribution in [0.3, 0.4) is 0 Å². The summed E-state index contributed by atoms with van der Waals surface area (Å²) in [5, 5.41) is 13.3. The highest BCUT2D eigenvalue weighted by Gasteiger charge is 2.72. The third kappa shape index (κ3) is 6.07. The smallest absolute Gasteiger partial charge is 0.309 e. The molecular formula is C48H76N2O6. The standard InChI is InChI=1S/C48H76N2O6/c1-29(2)30-17-22-48(40(53)49-35-27-32(43(35,5)6)39(52)50-25-13-12-14-26-50)24-23-46(10)31(38(30)48)15-16-34-45(9)20-19-36(56-37(51)28-42(3,4)41(54)55)44(7,8)33(45)18-21-47(34,46)11/h30-36,38H,1,12-28H2,2-11H3,(H,49,53)(H,54,55)/t30-,31?,32+,33?,34?,35+,36-,38?,45-,46+,47+,48+/m0/s1. The number of esters is 1. The molecule has 6 aliphatic carbocycles. The van der Waals surface area contributed by atoms with Crippen LogP contribution in [0.4, 0.5) is 0 Å². The number of carbonyl (C=O) groups is 4. The average molecular weight is 777 g/mol. The summed E-state index contributed by atoms with van der Waals surface area (Å²) in [7, 11) is 0. The Bertz CT molecular complexity index is 1630. The van der Waals surface area contributed by atoms with Crippen molar-refractivity contribution < 1.29 is 29.0 Å². The van der Waals surface area contributed by atoms with Gasteiger partial charge in [-0.25, -0.2) is 0 Å². The number of ether oxygens (including phenoxy) is 1. The Balaban J connectivity index is 1.10. The highest BCUT2D eigenvalue weighted by atomic mass is 16.5. The summed E-state index contributed by atoms with van der Waals surface area (Å²) >= 11 is 0. The van der Waals surface area contributed by atoms with Crippen LogP contribution < -0.4 is 5.32 Å². The molecule has 2 N–H and O–H groups in total. The second-order valence-corrected chi connectivity index (χ2v) is 23.1. The number of nitrogens with one attached hydrogen (secondary N) is 1. The predicted octanol–water partition coefficient (Wildman–Crippen LogP) is 9.60. The van der Waals surface area contributed by atoms with Crippen LogP contribution in [-0.2, 0) is 23.9 Å². The molecule has 7 aliphatic rings. The maximum absolute atomic E-state index is 15.0. The zero-order chi connectivity index (χ0) is 41.0. The fourth-order valence-corrected chi connectivity index (χ4v) is 15.6. The molecule has 1 aliphatic heterocycles. The first-order valence-corrected chi connectivity index (χ1v) is 22.7. The molecule has 0 aromatic rings. The summed E-state index contributed by atoms with van der Waals surface area (Å²) in [5.74, 6) is 1.12. The van der Waals surface area contributed by atoms with Gasteiger partial charge < -0.3 is 20.1 Å². The summed E-state index contributed by atoms with van der Waals surface area (Å²) in [5.41, 5.74) is -0.492. The van der Waals surface area contributed by atoms with Crippen LogP contribution >= 0.6 is 0 Å². The molecule has 8 nitrogen and oxygen atoms in total. The molecule has 8 heteroatoms. The minimum absolute atomic E-state index is 0.0193. The van der Waals surface area contributed by atoms with E-state index in [0.717, 1.165) is 96.6 Å². The highest BCUT2D eigenvalue weighted by Crippen LogP contribution is 2.77. The first-order chi connectivity index (χ1) is 26.0. The molecule has 6 saturated carbocycles. The molecule has 1 heterocycles. The Morgan fingerprint density at radius 3 is 2.11 bits per heavy atom. The van der Waals surface area contributed by atoms with E-state index in [2.05, 4.69) is 72.2 Å². The second-order valence-electron chi connectivity index (χ2n) is 23.1. The van der Waals surface area contributed by atoms with Gasteiger partial charge in [-0.2, -0.15) is 0 Å². The van der Waals surface area contributed by atoms with E-state index in [-0.39, 0.29) is 63.4 Å². The molecule has 7 rings (SSSR count). The van der Waals surface area contributed by atoms with Crippen molar-refractivity contribution in [3.8, 4) is 0 Å². The number of carboxylic acids is 1. The fraction of sp³-hybridized carbons (Fsp3) is 0.875. The quantitative estimate of drug-likeness (QED) is 0.188. The molecule has 0 spiro atoms. The molecule has 0 radical (unpaired) electrons. The third-order valence-corrected chi connectivity index (χ3v) is 19.4. The molecule has 1 saturated heterocycles. The van der Waals surface area contributed by atoms with Crippen molar-refractivity contribution in [3.05, 3.63) is 12.2 Å². The van der Waals surface area contributed by atoms with E-state index in [4.69, 9.17) is 4.74 Å². The Hall–Kier alpha value is -2.38. The van der Waals surface area contributed by atoms with E-state index in [9.17, 15) is 19.5 Å². The Morgan fingerprint density at radius 2 is 1.48 bits per heavy atom. The topological polar surface area (TPSA) is 113 Å². The van der Waals surface area contributed by atoms with Crippen molar-refractivity contribution >= 4 is 23.8 Å². The van der Waals surface area contributed by atoms with Gasteiger partial charge >= 0.3 is 11.9 Å². The molecule has 2 amide bonds. The largest absolute Gasteiger partial charge is 0.481 e. The van der Waals surface area contributed by atoms with E-state index in [1.165, 1.54) is 12.0 Å². The van der Waals surface area contributed by atoms with Gasteiger partial charge in [0.2, 0.25) is 11.8 Å². The molecule has 0 bridgehead atoms. The van der Waals surface area contributed by atoms with Crippen molar-refractivity contribution in [2.24, 2.45) is 73.4 Å². The normalized spacial score (nSPS) is 43.8. The van der Waals surface area contributed by atoms with Gasteiger partial charge in [-0.05, 0) is 162 Å². The van der Waals surface area contributed by atoms with Gasteiger partial charge in [0.1, 0.15) is 6.10 Å². The number of hydrogen-bond donors (Lipinski definition) is 2. The van der Waals surface area contributed by atoms with Crippen molar-refractivity contribution in [2.45, 2.75) is 178 Å². The third-order valence-electron chi connectivity index (χ3n) is 19.4. The monoisotopic (exact) mass is 777 g/mol. The molecule has 56 heavy (non-hydrogen) atoms. The van der Waals surface area contributed by atoms with Crippen molar-refractivity contribution in [1.82, 2.24) is 10.2 Å². The summed E-state index contributed by atoms with van der Waals surface area (Å²) < 4.78 is 6.20. The number of amides is 2. The predicted molar refractivity (Wildman–Crippen MR) is 219 cm³/mol. The van der Waals surface area contributed by atoms with Crippen LogP contribution in [0, 0.1) is 73.4 Å². The minimum Gasteiger partial charge on any atom is -0.481 e. The van der Waals surface area contributed by atoms with Crippen LogP contribution in [-0.4, -0.2) is 59.0 Å². The zero-order valence-corrected chi connectivity index (χ0v) is 36.8. The van der Waals surface area contributed by atoms with E-state index < -0.39 is 22.8 Å². The average Bonchev–Trinajstić information content (AvgIpc) is 3.53. The molecule has 4 unspecified atom stereocenters. The minimum atomic E-state index is -1.16. The van der Waals surface area contributed by atoms with Crippen LogP contribution in [0.1, 0.15) is 166 Å². The Morgan fingerprint density at radius 1 is 0.804 bits per heavy atom. The first kappa shape index (κ1) is 41.8. The van der Waals surface area contributed by atoms with Gasteiger partial charge in [-0.1, -0.05) is 60.6 Å². The number of fused-ring (bicyclic) bond motifs is 7. The highest BCUT2D eigenvalue weighted by molar-refractivity contribution is 5.86. The maximum atomic E-state index is 15.0. The van der Waals surface area contributed by atoms with Crippen LogP contribution in [0.5, 0.6) is 0 Å². The first-order valence-electron chi connectivity index (χ1n) is 22.7. The van der Waals surface area contributed by atoms with Crippen LogP contribution in [0.25, 0.3) is 0 Å². The van der Waals surface area contributed by atoms with E-state index in [0.29, 0.717) is 29.6 Å². The molecule has 314 valence electrons. The molecule has 7 fully saturated rings. The van der Waals surface area contributed by atoms with Crippen LogP contribution in [0.2, 0.25) is 0 Å². The lowest BCUT2D eigenvalue weighted by atomic mass is 9.32. The van der Waals surface area contributed by atoms with Gasteiger partial charge in [-0.3, -0.25) is 19.2 Å². The summed E-state index contributed by atoms with van der Waals surface area (Å²) in [4.78, 5) is 55.6. The van der Waals surface area contributed by atoms with Gasteiger partial charge in [0, 0.05) is 30.5 Å². The molecule has 12 atom stereocenters. The molecular weight excluding hydrogens is 701 g/mol. The number of aliphatic carboxylic acids is 1. The van der Waals surface area contributed by atoms with Gasteiger partial charge in [0.15, 0.2) is 0 Å². The van der Waals surface area contributed by atoms with Crippen molar-refractivity contribution in [2.75, 3.05) is 13.1 Å². The van der Waals surface area contributed by atoms with E-state index in [1.54, 1.807) is 13.8 Å². The zero-order valence-electron chi connectivity index (χ0n) is 36.8. The lowest BCUT2D eigenvalue weighted by Gasteiger charge is -2.73. The Labute approximate surface area is 338 Å². The number of piperidine rings is 1. The molecule has 0 aromatic heterocycles. The number of carboxylic acid groups (broad SMARTS) is 1. The number of hydrogen-bond acceptors (Lipinski definition) is 5. The molecule has 0 aromatic carbocycles.